The Kier molecular flexibility index (Phi) is 5.81. The topological polar surface area (TPSA) is 0 Å². The summed E-state index contributed by atoms with van der Waals surface area (Å²) < 4.78 is 26.4. The fraction of sp³-hybridized carbons (Fsp3) is 0.167. The summed E-state index contributed by atoms with van der Waals surface area (Å²) in [6.45, 7) is 2.18. The van der Waals surface area contributed by atoms with Crippen LogP contribution in [-0.2, 0) is 6.42 Å². The van der Waals surface area contributed by atoms with Gasteiger partial charge in [-0.2, -0.15) is 0 Å². The third-order valence-electron chi connectivity index (χ3n) is 4.30. The monoisotopic (exact) mass is 346 g/mol. The average Bonchev–Trinajstić information content (AvgIpc) is 2.68. The third-order valence-corrected chi connectivity index (χ3v) is 4.30. The summed E-state index contributed by atoms with van der Waals surface area (Å²) in [5, 5.41) is 0. The highest BCUT2D eigenvalue weighted by molar-refractivity contribution is 5.64. The molecule has 0 aliphatic heterocycles. The molecule has 0 radical (unpaired) electrons. The minimum absolute atomic E-state index is 0.647. The molecule has 0 bridgehead atoms. The highest BCUT2D eigenvalue weighted by Gasteiger charge is 2.04. The minimum Gasteiger partial charge on any atom is -0.204 e. The second-order valence-corrected chi connectivity index (χ2v) is 6.22. The van der Waals surface area contributed by atoms with E-state index in [2.05, 4.69) is 24.8 Å². The second kappa shape index (κ2) is 8.45. The summed E-state index contributed by atoms with van der Waals surface area (Å²) in [5.74, 6) is 4.77. The lowest BCUT2D eigenvalue weighted by molar-refractivity contribution is 0.509. The molecule has 3 rings (SSSR count). The van der Waals surface area contributed by atoms with E-state index in [1.54, 1.807) is 6.07 Å². The molecule has 0 N–H and O–H groups in total. The molecule has 0 saturated heterocycles. The smallest absolute Gasteiger partial charge is 0.159 e. The maximum absolute atomic E-state index is 13.4. The van der Waals surface area contributed by atoms with Crippen LogP contribution < -0.4 is 0 Å². The number of benzene rings is 3. The van der Waals surface area contributed by atoms with Crippen LogP contribution in [-0.4, -0.2) is 0 Å². The number of unbranched alkanes of at least 4 members (excludes halogenated alkanes) is 1. The van der Waals surface area contributed by atoms with Gasteiger partial charge in [0.1, 0.15) is 0 Å². The van der Waals surface area contributed by atoms with E-state index in [4.69, 9.17) is 0 Å². The van der Waals surface area contributed by atoms with Crippen molar-refractivity contribution in [2.45, 2.75) is 26.2 Å². The molecule has 26 heavy (non-hydrogen) atoms. The molecular weight excluding hydrogens is 326 g/mol. The average molecular weight is 346 g/mol. The zero-order chi connectivity index (χ0) is 18.4. The third kappa shape index (κ3) is 4.37. The van der Waals surface area contributed by atoms with Crippen LogP contribution in [0.2, 0.25) is 0 Å². The summed E-state index contributed by atoms with van der Waals surface area (Å²) in [7, 11) is 0. The van der Waals surface area contributed by atoms with Crippen molar-refractivity contribution in [1.29, 1.82) is 0 Å². The lowest BCUT2D eigenvalue weighted by atomic mass is 10.0. The van der Waals surface area contributed by atoms with Crippen LogP contribution in [0.3, 0.4) is 0 Å². The predicted octanol–water partition coefficient (Wildman–Crippen LogP) is 6.37. The van der Waals surface area contributed by atoms with E-state index in [0.29, 0.717) is 5.56 Å². The van der Waals surface area contributed by atoms with Crippen LogP contribution in [0.1, 0.15) is 36.5 Å². The quantitative estimate of drug-likeness (QED) is 0.481. The predicted molar refractivity (Wildman–Crippen MR) is 103 cm³/mol. The summed E-state index contributed by atoms with van der Waals surface area (Å²) in [6, 6.07) is 19.7. The van der Waals surface area contributed by atoms with E-state index < -0.39 is 11.6 Å². The number of hydrogen-bond acceptors (Lipinski definition) is 0. The molecule has 0 spiro atoms. The molecule has 2 heteroatoms. The lowest BCUT2D eigenvalue weighted by Crippen LogP contribution is -1.89. The van der Waals surface area contributed by atoms with E-state index in [1.807, 2.05) is 42.5 Å². The molecule has 3 aromatic carbocycles. The first-order valence-corrected chi connectivity index (χ1v) is 8.83. The van der Waals surface area contributed by atoms with Crippen LogP contribution in [0.4, 0.5) is 8.78 Å². The second-order valence-electron chi connectivity index (χ2n) is 6.22. The van der Waals surface area contributed by atoms with Crippen molar-refractivity contribution in [1.82, 2.24) is 0 Å². The molecule has 0 fully saturated rings. The standard InChI is InChI=1S/C24H20F2/c1-2-3-6-19-7-4-5-8-20(19)12-9-18-10-13-21(14-11-18)22-15-16-23(25)24(26)17-22/h4-5,7-8,10-11,13-17H,2-3,6H2,1H3. The van der Waals surface area contributed by atoms with Crippen molar-refractivity contribution in [3.8, 4) is 23.0 Å². The first-order chi connectivity index (χ1) is 12.7. The zero-order valence-electron chi connectivity index (χ0n) is 14.7. The van der Waals surface area contributed by atoms with Gasteiger partial charge in [-0.25, -0.2) is 8.78 Å². The number of aryl methyl sites for hydroxylation is 1. The van der Waals surface area contributed by atoms with Crippen LogP contribution in [0.15, 0.2) is 66.7 Å². The normalized spacial score (nSPS) is 10.3. The Hall–Kier alpha value is -2.92. The molecule has 0 saturated carbocycles. The van der Waals surface area contributed by atoms with Crippen molar-refractivity contribution < 1.29 is 8.78 Å². The van der Waals surface area contributed by atoms with Crippen molar-refractivity contribution in [3.05, 3.63) is 95.1 Å². The number of halogens is 2. The van der Waals surface area contributed by atoms with Gasteiger partial charge in [-0.15, -0.1) is 0 Å². The summed E-state index contributed by atoms with van der Waals surface area (Å²) in [6.07, 6.45) is 3.35. The number of rotatable bonds is 4. The van der Waals surface area contributed by atoms with Gasteiger partial charge in [0.05, 0.1) is 0 Å². The van der Waals surface area contributed by atoms with Gasteiger partial charge in [0.2, 0.25) is 0 Å². The van der Waals surface area contributed by atoms with Crippen LogP contribution in [0, 0.1) is 23.5 Å². The van der Waals surface area contributed by atoms with Gasteiger partial charge in [-0.3, -0.25) is 0 Å². The molecule has 0 nitrogen and oxygen atoms in total. The summed E-state index contributed by atoms with van der Waals surface area (Å²) in [4.78, 5) is 0. The van der Waals surface area contributed by atoms with Gasteiger partial charge in [0.25, 0.3) is 0 Å². The highest BCUT2D eigenvalue weighted by atomic mass is 19.2. The van der Waals surface area contributed by atoms with E-state index in [1.165, 1.54) is 11.6 Å². The van der Waals surface area contributed by atoms with Crippen LogP contribution in [0.5, 0.6) is 0 Å². The first kappa shape index (κ1) is 17.9. The van der Waals surface area contributed by atoms with Crippen molar-refractivity contribution in [3.63, 3.8) is 0 Å². The summed E-state index contributed by atoms with van der Waals surface area (Å²) in [5.41, 5.74) is 4.71. The van der Waals surface area contributed by atoms with E-state index in [9.17, 15) is 8.78 Å². The van der Waals surface area contributed by atoms with Gasteiger partial charge in [-0.1, -0.05) is 61.6 Å². The zero-order valence-corrected chi connectivity index (χ0v) is 14.7. The van der Waals surface area contributed by atoms with E-state index >= 15 is 0 Å². The van der Waals surface area contributed by atoms with Gasteiger partial charge >= 0.3 is 0 Å². The Labute approximate surface area is 153 Å². The lowest BCUT2D eigenvalue weighted by Gasteiger charge is -2.03. The van der Waals surface area contributed by atoms with Crippen molar-refractivity contribution in [2.75, 3.05) is 0 Å². The van der Waals surface area contributed by atoms with Gasteiger partial charge in [0, 0.05) is 11.1 Å². The molecule has 0 aliphatic rings. The first-order valence-electron chi connectivity index (χ1n) is 8.83. The van der Waals surface area contributed by atoms with E-state index in [0.717, 1.165) is 42.0 Å². The van der Waals surface area contributed by atoms with Gasteiger partial charge in [0.15, 0.2) is 11.6 Å². The van der Waals surface area contributed by atoms with Gasteiger partial charge in [-0.05, 0) is 59.9 Å². The number of hydrogen-bond donors (Lipinski definition) is 0. The molecule has 0 heterocycles. The molecule has 0 aliphatic carbocycles. The molecule has 3 aromatic rings. The molecule has 0 atom stereocenters. The Morgan fingerprint density at radius 3 is 2.23 bits per heavy atom. The van der Waals surface area contributed by atoms with Crippen LogP contribution >= 0.6 is 0 Å². The highest BCUT2D eigenvalue weighted by Crippen LogP contribution is 2.22. The summed E-state index contributed by atoms with van der Waals surface area (Å²) >= 11 is 0. The minimum atomic E-state index is -0.838. The fourth-order valence-corrected chi connectivity index (χ4v) is 2.79. The molecule has 0 unspecified atom stereocenters. The maximum Gasteiger partial charge on any atom is 0.159 e. The van der Waals surface area contributed by atoms with Crippen LogP contribution in [0.25, 0.3) is 11.1 Å². The Balaban J connectivity index is 1.81. The van der Waals surface area contributed by atoms with Crippen molar-refractivity contribution >= 4 is 0 Å². The Morgan fingerprint density at radius 2 is 1.50 bits per heavy atom. The fourth-order valence-electron chi connectivity index (χ4n) is 2.79. The SMILES string of the molecule is CCCCc1ccccc1C#Cc1ccc(-c2ccc(F)c(F)c2)cc1. The van der Waals surface area contributed by atoms with E-state index in [-0.39, 0.29) is 0 Å². The largest absolute Gasteiger partial charge is 0.204 e. The molecular formula is C24H20F2. The Morgan fingerprint density at radius 1 is 0.769 bits per heavy atom. The maximum atomic E-state index is 13.4. The Bertz CT molecular complexity index is 944. The van der Waals surface area contributed by atoms with Gasteiger partial charge < -0.3 is 0 Å². The molecule has 0 amide bonds. The van der Waals surface area contributed by atoms with Crippen molar-refractivity contribution in [2.24, 2.45) is 0 Å². The molecule has 0 aromatic heterocycles. The molecule has 130 valence electrons.